The molecule has 0 radical (unpaired) electrons. The Balaban J connectivity index is 1.71. The quantitative estimate of drug-likeness (QED) is 0.643. The number of nitrogen functional groups attached to an aromatic ring is 1. The van der Waals surface area contributed by atoms with Crippen LogP contribution in [0.4, 0.5) is 5.69 Å². The van der Waals surface area contributed by atoms with Crippen molar-refractivity contribution in [2.24, 2.45) is 0 Å². The van der Waals surface area contributed by atoms with Gasteiger partial charge < -0.3 is 15.2 Å². The first kappa shape index (κ1) is 14.3. The van der Waals surface area contributed by atoms with Gasteiger partial charge in [0.2, 0.25) is 0 Å². The van der Waals surface area contributed by atoms with Crippen LogP contribution in [0.5, 0.6) is 11.5 Å². The number of aryl methyl sites for hydroxylation is 2. The van der Waals surface area contributed by atoms with Gasteiger partial charge in [-0.05, 0) is 49.2 Å². The van der Waals surface area contributed by atoms with Crippen LogP contribution in [0.1, 0.15) is 17.5 Å². The molecule has 2 rings (SSSR count). The number of hydrogen-bond acceptors (Lipinski definition) is 3. The van der Waals surface area contributed by atoms with Crippen molar-refractivity contribution >= 4 is 5.69 Å². The van der Waals surface area contributed by atoms with Gasteiger partial charge in [-0.3, -0.25) is 0 Å². The topological polar surface area (TPSA) is 44.5 Å². The summed E-state index contributed by atoms with van der Waals surface area (Å²) >= 11 is 0. The van der Waals surface area contributed by atoms with E-state index in [1.54, 1.807) is 0 Å². The zero-order valence-corrected chi connectivity index (χ0v) is 12.1. The van der Waals surface area contributed by atoms with Crippen molar-refractivity contribution in [2.45, 2.75) is 20.3 Å². The van der Waals surface area contributed by atoms with E-state index in [4.69, 9.17) is 15.2 Å². The Labute approximate surface area is 120 Å². The molecular formula is C17H21NO2. The maximum absolute atomic E-state index is 5.80. The Bertz CT molecular complexity index is 567. The molecule has 0 bridgehead atoms. The van der Waals surface area contributed by atoms with E-state index in [-0.39, 0.29) is 0 Å². The van der Waals surface area contributed by atoms with Gasteiger partial charge in [0, 0.05) is 6.42 Å². The third-order valence-electron chi connectivity index (χ3n) is 3.21. The minimum absolute atomic E-state index is 0.596. The van der Waals surface area contributed by atoms with E-state index < -0.39 is 0 Å². The summed E-state index contributed by atoms with van der Waals surface area (Å²) in [6.45, 7) is 5.41. The summed E-state index contributed by atoms with van der Waals surface area (Å²) in [5.74, 6) is 1.64. The summed E-state index contributed by atoms with van der Waals surface area (Å²) in [5, 5.41) is 0. The number of para-hydroxylation sites is 2. The van der Waals surface area contributed by atoms with Gasteiger partial charge in [0.1, 0.15) is 11.5 Å². The first-order valence-corrected chi connectivity index (χ1v) is 6.84. The molecule has 0 aliphatic carbocycles. The zero-order valence-electron chi connectivity index (χ0n) is 12.1. The predicted octanol–water partition coefficient (Wildman–Crippen LogP) is 3.73. The lowest BCUT2D eigenvalue weighted by atomic mass is 10.1. The molecule has 3 heteroatoms. The third kappa shape index (κ3) is 3.92. The van der Waals surface area contributed by atoms with Gasteiger partial charge in [0.15, 0.2) is 0 Å². The summed E-state index contributed by atoms with van der Waals surface area (Å²) in [6.07, 6.45) is 0.821. The third-order valence-corrected chi connectivity index (χ3v) is 3.21. The standard InChI is InChI=1S/C17H21NO2/c1-13-8-9-15(12-14(13)2)19-10-5-11-20-17-7-4-3-6-16(17)18/h3-4,6-9,12H,5,10-11,18H2,1-2H3. The fraction of sp³-hybridized carbons (Fsp3) is 0.294. The second-order valence-electron chi connectivity index (χ2n) is 4.83. The second kappa shape index (κ2) is 6.85. The van der Waals surface area contributed by atoms with Crippen LogP contribution in [-0.2, 0) is 0 Å². The van der Waals surface area contributed by atoms with Gasteiger partial charge in [0.05, 0.1) is 18.9 Å². The van der Waals surface area contributed by atoms with E-state index >= 15 is 0 Å². The summed E-state index contributed by atoms with van der Waals surface area (Å²) in [6, 6.07) is 13.7. The van der Waals surface area contributed by atoms with Crippen molar-refractivity contribution in [3.05, 3.63) is 53.6 Å². The van der Waals surface area contributed by atoms with Crippen LogP contribution in [0.3, 0.4) is 0 Å². The Morgan fingerprint density at radius 3 is 2.40 bits per heavy atom. The first-order chi connectivity index (χ1) is 9.66. The van der Waals surface area contributed by atoms with Gasteiger partial charge in [-0.2, -0.15) is 0 Å². The van der Waals surface area contributed by atoms with E-state index in [0.29, 0.717) is 18.9 Å². The van der Waals surface area contributed by atoms with Crippen molar-refractivity contribution in [1.29, 1.82) is 0 Å². The molecule has 2 aromatic rings. The largest absolute Gasteiger partial charge is 0.493 e. The molecule has 3 nitrogen and oxygen atoms in total. The van der Waals surface area contributed by atoms with Gasteiger partial charge in [-0.15, -0.1) is 0 Å². The first-order valence-electron chi connectivity index (χ1n) is 6.84. The normalized spacial score (nSPS) is 10.3. The highest BCUT2D eigenvalue weighted by Gasteiger charge is 1.99. The van der Waals surface area contributed by atoms with Gasteiger partial charge in [-0.1, -0.05) is 18.2 Å². The molecule has 2 N–H and O–H groups in total. The van der Waals surface area contributed by atoms with Gasteiger partial charge >= 0.3 is 0 Å². The molecular weight excluding hydrogens is 250 g/mol. The molecule has 0 heterocycles. The fourth-order valence-corrected chi connectivity index (χ4v) is 1.85. The van der Waals surface area contributed by atoms with Crippen LogP contribution >= 0.6 is 0 Å². The minimum Gasteiger partial charge on any atom is -0.493 e. The summed E-state index contributed by atoms with van der Waals surface area (Å²) in [7, 11) is 0. The summed E-state index contributed by atoms with van der Waals surface area (Å²) in [5.41, 5.74) is 8.99. The monoisotopic (exact) mass is 271 g/mol. The van der Waals surface area contributed by atoms with E-state index in [1.165, 1.54) is 11.1 Å². The molecule has 0 fully saturated rings. The molecule has 0 unspecified atom stereocenters. The van der Waals surface area contributed by atoms with Crippen LogP contribution in [0.2, 0.25) is 0 Å². The van der Waals surface area contributed by atoms with Crippen LogP contribution in [0, 0.1) is 13.8 Å². The highest BCUT2D eigenvalue weighted by molar-refractivity contribution is 5.51. The van der Waals surface area contributed by atoms with Crippen molar-refractivity contribution in [3.63, 3.8) is 0 Å². The SMILES string of the molecule is Cc1ccc(OCCCOc2ccccc2N)cc1C. The van der Waals surface area contributed by atoms with Crippen molar-refractivity contribution in [2.75, 3.05) is 18.9 Å². The lowest BCUT2D eigenvalue weighted by Gasteiger charge is -2.10. The van der Waals surface area contributed by atoms with Crippen molar-refractivity contribution < 1.29 is 9.47 Å². The van der Waals surface area contributed by atoms with Crippen LogP contribution in [-0.4, -0.2) is 13.2 Å². The molecule has 0 saturated carbocycles. The number of benzene rings is 2. The lowest BCUT2D eigenvalue weighted by molar-refractivity contribution is 0.248. The molecule has 2 aromatic carbocycles. The Morgan fingerprint density at radius 1 is 0.900 bits per heavy atom. The fourth-order valence-electron chi connectivity index (χ4n) is 1.85. The Hall–Kier alpha value is -2.16. The second-order valence-corrected chi connectivity index (χ2v) is 4.83. The molecule has 0 aliphatic rings. The molecule has 0 aliphatic heterocycles. The number of anilines is 1. The van der Waals surface area contributed by atoms with E-state index in [2.05, 4.69) is 26.0 Å². The average Bonchev–Trinajstić information content (AvgIpc) is 2.44. The Kier molecular flexibility index (Phi) is 4.88. The van der Waals surface area contributed by atoms with E-state index in [9.17, 15) is 0 Å². The maximum Gasteiger partial charge on any atom is 0.142 e. The number of nitrogens with two attached hydrogens (primary N) is 1. The van der Waals surface area contributed by atoms with E-state index in [1.807, 2.05) is 30.3 Å². The van der Waals surface area contributed by atoms with E-state index in [0.717, 1.165) is 17.9 Å². The molecule has 0 spiro atoms. The molecule has 0 saturated heterocycles. The molecule has 0 aromatic heterocycles. The van der Waals surface area contributed by atoms with Gasteiger partial charge in [-0.25, -0.2) is 0 Å². The number of rotatable bonds is 6. The summed E-state index contributed by atoms with van der Waals surface area (Å²) in [4.78, 5) is 0. The van der Waals surface area contributed by atoms with Crippen LogP contribution in [0.15, 0.2) is 42.5 Å². The molecule has 0 amide bonds. The highest BCUT2D eigenvalue weighted by atomic mass is 16.5. The predicted molar refractivity (Wildman–Crippen MR) is 82.4 cm³/mol. The lowest BCUT2D eigenvalue weighted by Crippen LogP contribution is -2.06. The van der Waals surface area contributed by atoms with Crippen molar-refractivity contribution in [1.82, 2.24) is 0 Å². The molecule has 106 valence electrons. The highest BCUT2D eigenvalue weighted by Crippen LogP contribution is 2.20. The zero-order chi connectivity index (χ0) is 14.4. The van der Waals surface area contributed by atoms with Crippen molar-refractivity contribution in [3.8, 4) is 11.5 Å². The van der Waals surface area contributed by atoms with Crippen LogP contribution < -0.4 is 15.2 Å². The van der Waals surface area contributed by atoms with Gasteiger partial charge in [0.25, 0.3) is 0 Å². The maximum atomic E-state index is 5.80. The Morgan fingerprint density at radius 2 is 1.65 bits per heavy atom. The molecule has 0 atom stereocenters. The summed E-state index contributed by atoms with van der Waals surface area (Å²) < 4.78 is 11.3. The molecule has 20 heavy (non-hydrogen) atoms. The smallest absolute Gasteiger partial charge is 0.142 e. The number of hydrogen-bond donors (Lipinski definition) is 1. The number of ether oxygens (including phenoxy) is 2. The minimum atomic E-state index is 0.596. The average molecular weight is 271 g/mol. The van der Waals surface area contributed by atoms with Crippen LogP contribution in [0.25, 0.3) is 0 Å².